The Labute approximate surface area is 542 Å². The number of pyridine rings is 2. The van der Waals surface area contributed by atoms with Crippen LogP contribution in [0.3, 0.4) is 0 Å². The fraction of sp³-hybridized carbons (Fsp3) is 0.667. The van der Waals surface area contributed by atoms with Crippen molar-refractivity contribution in [3.8, 4) is 0 Å². The number of hydrogen-bond donors (Lipinski definition) is 3. The monoisotopic (exact) mass is 1290 g/mol. The summed E-state index contributed by atoms with van der Waals surface area (Å²) in [5, 5.41) is 16.1. The number of nitrogen functional groups attached to an aromatic ring is 2. The topological polar surface area (TPSA) is 282 Å². The van der Waals surface area contributed by atoms with E-state index in [0.717, 1.165) is 128 Å². The van der Waals surface area contributed by atoms with Crippen LogP contribution in [0, 0.1) is 0 Å². The lowest BCUT2D eigenvalue weighted by molar-refractivity contribution is -0.120. The summed E-state index contributed by atoms with van der Waals surface area (Å²) in [6, 6.07) is 12.8. The first-order valence-electron chi connectivity index (χ1n) is 33.2. The summed E-state index contributed by atoms with van der Waals surface area (Å²) in [5.41, 5.74) is 18.1. The number of rotatable bonds is 49. The zero-order valence-corrected chi connectivity index (χ0v) is 55.0. The highest BCUT2D eigenvalue weighted by molar-refractivity contribution is 6.09. The van der Waals surface area contributed by atoms with E-state index in [-0.39, 0.29) is 11.6 Å². The largest absolute Gasteiger partial charge is 0.382 e. The van der Waals surface area contributed by atoms with E-state index in [4.69, 9.17) is 73.4 Å². The van der Waals surface area contributed by atoms with Crippen molar-refractivity contribution in [3.05, 3.63) is 48.8 Å². The summed E-state index contributed by atoms with van der Waals surface area (Å²) < 4.78 is 68.4. The van der Waals surface area contributed by atoms with Crippen LogP contribution in [0.5, 0.6) is 0 Å². The van der Waals surface area contributed by atoms with Crippen molar-refractivity contribution in [2.45, 2.75) is 65.8 Å². The molecule has 26 nitrogen and oxygen atoms in total. The molecule has 0 amide bonds. The zero-order valence-electron chi connectivity index (χ0n) is 55.0. The van der Waals surface area contributed by atoms with Crippen LogP contribution < -0.4 is 21.3 Å². The molecule has 0 saturated carbocycles. The second-order valence-electron chi connectivity index (χ2n) is 22.4. The van der Waals surface area contributed by atoms with Gasteiger partial charge in [0.1, 0.15) is 28.4 Å². The molecule has 0 atom stereocenters. The van der Waals surface area contributed by atoms with Crippen LogP contribution >= 0.6 is 0 Å². The number of hydrogen-bond acceptors (Lipinski definition) is 24. The highest BCUT2D eigenvalue weighted by atomic mass is 16.6. The van der Waals surface area contributed by atoms with Gasteiger partial charge in [0.05, 0.1) is 176 Å². The molecular formula is C66H104N12O14. The van der Waals surface area contributed by atoms with Crippen molar-refractivity contribution in [1.29, 1.82) is 0 Å². The summed E-state index contributed by atoms with van der Waals surface area (Å²) >= 11 is 0. The van der Waals surface area contributed by atoms with Crippen molar-refractivity contribution in [1.82, 2.24) is 39.7 Å². The molecule has 4 aromatic heterocycles. The maximum absolute atomic E-state index is 11.2. The molecular weight excluding hydrogens is 1180 g/mol. The van der Waals surface area contributed by atoms with Gasteiger partial charge in [-0.25, -0.2) is 9.97 Å². The first-order valence-corrected chi connectivity index (χ1v) is 33.2. The molecule has 0 unspecified atom stereocenters. The lowest BCUT2D eigenvalue weighted by Gasteiger charge is -2.36. The number of anilines is 4. The number of aryl methyl sites for hydroxylation is 1. The minimum atomic E-state index is 0.219. The molecule has 26 heteroatoms. The number of nitrogens with one attached hydrogen (secondary N) is 1. The summed E-state index contributed by atoms with van der Waals surface area (Å²) in [4.78, 5) is 41.2. The van der Waals surface area contributed by atoms with Gasteiger partial charge in [-0.05, 0) is 42.8 Å². The van der Waals surface area contributed by atoms with E-state index in [9.17, 15) is 9.59 Å². The molecule has 0 bridgehead atoms. The van der Waals surface area contributed by atoms with Gasteiger partial charge in [-0.2, -0.15) is 10.2 Å². The van der Waals surface area contributed by atoms with E-state index in [1.165, 1.54) is 11.4 Å². The molecule has 2 saturated heterocycles. The molecule has 512 valence electrons. The minimum absolute atomic E-state index is 0.219. The molecule has 2 aromatic carbocycles. The van der Waals surface area contributed by atoms with Gasteiger partial charge in [0.25, 0.3) is 0 Å². The molecule has 5 N–H and O–H groups in total. The Bertz CT molecular complexity index is 2990. The standard InChI is InChI=1S/C35H56N6O7.C31H48N6O7/c1-3-5-9-41-28-32-31-27-29(6-7-33(31)37-35(36)34(32)38-41)40-12-10-39(11-13-40)14-16-44-18-20-46-22-24-48-26-25-47-23-21-45-19-17-43-15-8-30(42)4-2;1-2-26(38)5-11-39-13-15-41-17-19-43-21-22-44-20-18-42-16-14-40-12-10-36-6-8-37(9-7-36)25-3-4-29-27(23-25)28-24-33-35-30(28)31(32)34-29/h6-7,27-28H,3-5,8-26H2,1-2H3,(H2,36,37);3-4,23-24H,2,5-22H2,1H3,(H2,32,34)(H,33,35). The number of nitrogens with two attached hydrogens (primary N) is 2. The van der Waals surface area contributed by atoms with E-state index in [0.29, 0.717) is 196 Å². The maximum Gasteiger partial charge on any atom is 0.152 e. The van der Waals surface area contributed by atoms with Crippen LogP contribution in [0.15, 0.2) is 48.8 Å². The Balaban J connectivity index is 0.000000262. The number of benzene rings is 2. The summed E-state index contributed by atoms with van der Waals surface area (Å²) in [5.74, 6) is 1.40. The van der Waals surface area contributed by atoms with Gasteiger partial charge in [-0.3, -0.25) is 29.2 Å². The predicted molar refractivity (Wildman–Crippen MR) is 357 cm³/mol. The number of aromatic nitrogens is 6. The van der Waals surface area contributed by atoms with Crippen LogP contribution in [0.25, 0.3) is 43.6 Å². The number of piperazine rings is 2. The fourth-order valence-corrected chi connectivity index (χ4v) is 10.3. The number of nitrogens with zero attached hydrogens (tertiary/aromatic N) is 9. The third-order valence-electron chi connectivity index (χ3n) is 15.8. The summed E-state index contributed by atoms with van der Waals surface area (Å²) in [6.07, 6.45) is 8.20. The normalized spacial score (nSPS) is 14.2. The minimum Gasteiger partial charge on any atom is -0.382 e. The van der Waals surface area contributed by atoms with Gasteiger partial charge >= 0.3 is 0 Å². The van der Waals surface area contributed by atoms with Crippen LogP contribution in [0.4, 0.5) is 23.0 Å². The van der Waals surface area contributed by atoms with Gasteiger partial charge in [-0.15, -0.1) is 0 Å². The van der Waals surface area contributed by atoms with E-state index in [1.807, 2.05) is 30.8 Å². The number of unbranched alkanes of at least 4 members (excludes halogenated alkanes) is 1. The lowest BCUT2D eigenvalue weighted by Crippen LogP contribution is -2.47. The Morgan fingerprint density at radius 3 is 1.21 bits per heavy atom. The van der Waals surface area contributed by atoms with Gasteiger partial charge < -0.3 is 78.1 Å². The number of Topliss-reactive ketones (excluding diaryl/α,β-unsaturated/α-hetero) is 2. The quantitative estimate of drug-likeness (QED) is 0.0378. The summed E-state index contributed by atoms with van der Waals surface area (Å²) in [6.45, 7) is 29.2. The average Bonchev–Trinajstić information content (AvgIpc) is 1.52. The Morgan fingerprint density at radius 1 is 0.446 bits per heavy atom. The third kappa shape index (κ3) is 26.5. The molecule has 0 aliphatic carbocycles. The smallest absolute Gasteiger partial charge is 0.152 e. The summed E-state index contributed by atoms with van der Waals surface area (Å²) in [7, 11) is 0. The SMILES string of the molecule is CCC(=O)CCOCCOCCOCCOCCOCCOCCN1CCN(c2ccc3nc(N)c4[nH]ncc4c3c2)CC1.CCCCn1cc2c(n1)c(N)nc1ccc(N3CCN(CCOCCOCCOCCOCCOCCOCCC(=O)CC)CC3)cc12. The van der Waals surface area contributed by atoms with Gasteiger partial charge in [0, 0.05) is 137 Å². The molecule has 2 aliphatic rings. The highest BCUT2D eigenvalue weighted by Crippen LogP contribution is 2.32. The number of carbonyl (C=O) groups excluding carboxylic acids is 2. The zero-order chi connectivity index (χ0) is 64.6. The number of fused-ring (bicyclic) bond motifs is 6. The average molecular weight is 1290 g/mol. The number of H-pyrrole nitrogens is 1. The molecule has 2 aliphatic heterocycles. The molecule has 0 spiro atoms. The van der Waals surface area contributed by atoms with Crippen LogP contribution in [-0.4, -0.2) is 275 Å². The van der Waals surface area contributed by atoms with Crippen LogP contribution in [0.1, 0.15) is 59.3 Å². The van der Waals surface area contributed by atoms with Crippen molar-refractivity contribution in [2.24, 2.45) is 0 Å². The first kappa shape index (κ1) is 73.6. The highest BCUT2D eigenvalue weighted by Gasteiger charge is 2.21. The van der Waals surface area contributed by atoms with Crippen LogP contribution in [0.2, 0.25) is 0 Å². The van der Waals surface area contributed by atoms with Crippen molar-refractivity contribution < 1.29 is 66.4 Å². The van der Waals surface area contributed by atoms with Gasteiger partial charge in [0.2, 0.25) is 0 Å². The number of carbonyl (C=O) groups is 2. The number of aromatic amines is 1. The van der Waals surface area contributed by atoms with E-state index >= 15 is 0 Å². The van der Waals surface area contributed by atoms with Crippen molar-refractivity contribution >= 4 is 78.2 Å². The second-order valence-corrected chi connectivity index (χ2v) is 22.4. The van der Waals surface area contributed by atoms with Gasteiger partial charge in [-0.1, -0.05) is 27.2 Å². The van der Waals surface area contributed by atoms with E-state index < -0.39 is 0 Å². The number of ketones is 2. The third-order valence-corrected chi connectivity index (χ3v) is 15.8. The molecule has 2 fully saturated rings. The molecule has 8 rings (SSSR count). The van der Waals surface area contributed by atoms with E-state index in [1.54, 1.807) is 0 Å². The van der Waals surface area contributed by atoms with Gasteiger partial charge in [0.15, 0.2) is 5.82 Å². The predicted octanol–water partition coefficient (Wildman–Crippen LogP) is 5.84. The molecule has 0 radical (unpaired) electrons. The Morgan fingerprint density at radius 2 is 0.815 bits per heavy atom. The Kier molecular flexibility index (Phi) is 35.2. The van der Waals surface area contributed by atoms with Crippen molar-refractivity contribution in [2.75, 3.05) is 245 Å². The Hall–Kier alpha value is -5.82. The fourth-order valence-electron chi connectivity index (χ4n) is 10.3. The second kappa shape index (κ2) is 44.0. The molecule has 92 heavy (non-hydrogen) atoms. The van der Waals surface area contributed by atoms with E-state index in [2.05, 4.69) is 83.2 Å². The molecule has 6 aromatic rings. The molecule has 6 heterocycles. The maximum atomic E-state index is 11.2. The lowest BCUT2D eigenvalue weighted by atomic mass is 10.1. The van der Waals surface area contributed by atoms with Crippen molar-refractivity contribution in [3.63, 3.8) is 0 Å². The first-order chi connectivity index (χ1) is 45.2. The van der Waals surface area contributed by atoms with Crippen LogP contribution in [-0.2, 0) is 73.0 Å². The number of ether oxygens (including phenoxy) is 12.